The van der Waals surface area contributed by atoms with Crippen LogP contribution in [0.3, 0.4) is 0 Å². The smallest absolute Gasteiger partial charge is 0.163 e. The minimum Gasteiger partial charge on any atom is -0.283 e. The first-order valence-corrected chi connectivity index (χ1v) is 8.71. The molecule has 4 nitrogen and oxygen atoms in total. The summed E-state index contributed by atoms with van der Waals surface area (Å²) in [5, 5.41) is 9.53. The summed E-state index contributed by atoms with van der Waals surface area (Å²) in [4.78, 5) is 4.89. The van der Waals surface area contributed by atoms with E-state index in [2.05, 4.69) is 22.8 Å². The van der Waals surface area contributed by atoms with Crippen molar-refractivity contribution in [3.05, 3.63) is 75.8 Å². The van der Waals surface area contributed by atoms with Crippen molar-refractivity contribution in [2.45, 2.75) is 6.04 Å². The maximum Gasteiger partial charge on any atom is 0.163 e. The zero-order valence-corrected chi connectivity index (χ0v) is 14.8. The zero-order valence-electron chi connectivity index (χ0n) is 12.4. The molecule has 0 bridgehead atoms. The summed E-state index contributed by atoms with van der Waals surface area (Å²) in [6.07, 6.45) is 1.68. The van der Waals surface area contributed by atoms with Crippen LogP contribution in [-0.2, 0) is 0 Å². The summed E-state index contributed by atoms with van der Waals surface area (Å²) in [6.45, 7) is 0. The molecule has 0 spiro atoms. The van der Waals surface area contributed by atoms with E-state index >= 15 is 0 Å². The van der Waals surface area contributed by atoms with Crippen molar-refractivity contribution in [1.29, 1.82) is 0 Å². The number of aliphatic imine (C=N–C) groups is 1. The number of benzene rings is 2. The number of fused-ring (bicyclic) bond motifs is 3. The van der Waals surface area contributed by atoms with Gasteiger partial charge in [0.1, 0.15) is 12.4 Å². The fourth-order valence-electron chi connectivity index (χ4n) is 2.84. The third kappa shape index (κ3) is 2.53. The molecule has 0 fully saturated rings. The molecule has 0 N–H and O–H groups in total. The predicted octanol–water partition coefficient (Wildman–Crippen LogP) is 4.40. The molecule has 1 unspecified atom stereocenters. The monoisotopic (exact) mass is 374 g/mol. The van der Waals surface area contributed by atoms with E-state index < -0.39 is 0 Å². The number of rotatable bonds is 2. The number of thiol groups is 1. The van der Waals surface area contributed by atoms with Gasteiger partial charge in [-0.25, -0.2) is 0 Å². The third-order valence-corrected chi connectivity index (χ3v) is 4.84. The molecule has 2 aromatic carbocycles. The zero-order chi connectivity index (χ0) is 16.7. The first kappa shape index (κ1) is 15.7. The van der Waals surface area contributed by atoms with Gasteiger partial charge in [0, 0.05) is 26.9 Å². The van der Waals surface area contributed by atoms with Gasteiger partial charge >= 0.3 is 0 Å². The van der Waals surface area contributed by atoms with Crippen LogP contribution < -0.4 is 0 Å². The molecule has 3 aromatic rings. The molecule has 0 saturated carbocycles. The van der Waals surface area contributed by atoms with Gasteiger partial charge in [-0.05, 0) is 24.3 Å². The summed E-state index contributed by atoms with van der Waals surface area (Å²) < 4.78 is 1.93. The van der Waals surface area contributed by atoms with E-state index in [0.717, 1.165) is 28.4 Å². The van der Waals surface area contributed by atoms with Crippen LogP contribution in [0.2, 0.25) is 10.0 Å². The van der Waals surface area contributed by atoms with Crippen LogP contribution in [0.4, 0.5) is 0 Å². The number of aromatic nitrogens is 3. The highest BCUT2D eigenvalue weighted by Gasteiger charge is 2.26. The molecule has 4 rings (SSSR count). The molecule has 7 heteroatoms. The van der Waals surface area contributed by atoms with Crippen molar-refractivity contribution in [2.75, 3.05) is 5.75 Å². The summed E-state index contributed by atoms with van der Waals surface area (Å²) in [5.41, 5.74) is 3.44. The Morgan fingerprint density at radius 2 is 1.92 bits per heavy atom. The highest BCUT2D eigenvalue weighted by atomic mass is 35.5. The predicted molar refractivity (Wildman–Crippen MR) is 100 cm³/mol. The lowest BCUT2D eigenvalue weighted by Gasteiger charge is -2.12. The van der Waals surface area contributed by atoms with Gasteiger partial charge in [0.05, 0.1) is 11.4 Å². The Hall–Kier alpha value is -1.82. The molecule has 1 atom stereocenters. The molecule has 1 aromatic heterocycles. The fraction of sp³-hybridized carbons (Fsp3) is 0.118. The Bertz CT molecular complexity index is 951. The van der Waals surface area contributed by atoms with Gasteiger partial charge in [-0.1, -0.05) is 41.4 Å². The summed E-state index contributed by atoms with van der Waals surface area (Å²) >= 11 is 17.1. The van der Waals surface area contributed by atoms with Crippen LogP contribution in [0.1, 0.15) is 23.0 Å². The molecular weight excluding hydrogens is 363 g/mol. The molecule has 0 radical (unpaired) electrons. The molecule has 1 aliphatic rings. The van der Waals surface area contributed by atoms with Crippen LogP contribution in [0.15, 0.2) is 53.8 Å². The summed E-state index contributed by atoms with van der Waals surface area (Å²) in [7, 11) is 0. The van der Waals surface area contributed by atoms with Crippen LogP contribution in [0, 0.1) is 0 Å². The third-order valence-electron chi connectivity index (χ3n) is 3.93. The van der Waals surface area contributed by atoms with E-state index in [1.165, 1.54) is 0 Å². The fourth-order valence-corrected chi connectivity index (χ4v) is 3.48. The van der Waals surface area contributed by atoms with Crippen molar-refractivity contribution in [1.82, 2.24) is 14.8 Å². The van der Waals surface area contributed by atoms with Crippen molar-refractivity contribution in [3.63, 3.8) is 0 Å². The van der Waals surface area contributed by atoms with Gasteiger partial charge < -0.3 is 0 Å². The lowest BCUT2D eigenvalue weighted by atomic mass is 10.0. The number of hydrogen-bond acceptors (Lipinski definition) is 4. The first-order chi connectivity index (χ1) is 11.7. The van der Waals surface area contributed by atoms with Gasteiger partial charge in [0.2, 0.25) is 0 Å². The van der Waals surface area contributed by atoms with Gasteiger partial charge in [-0.15, -0.1) is 10.2 Å². The number of hydrogen-bond donors (Lipinski definition) is 1. The van der Waals surface area contributed by atoms with Crippen molar-refractivity contribution < 1.29 is 0 Å². The normalized spacial score (nSPS) is 16.1. The Morgan fingerprint density at radius 1 is 1.08 bits per heavy atom. The second kappa shape index (κ2) is 6.24. The van der Waals surface area contributed by atoms with Gasteiger partial charge in [-0.2, -0.15) is 12.6 Å². The standard InChI is InChI=1S/C17H12Cl2N4S/c18-10-5-6-15-12(7-10)16(11-3-1-2-4-13(11)19)21-14(8-24)17-22-20-9-23(15)17/h1-7,9,14,24H,8H2. The molecular formula is C17H12Cl2N4S. The molecule has 0 saturated heterocycles. The maximum absolute atomic E-state index is 6.43. The van der Waals surface area contributed by atoms with Crippen LogP contribution in [-0.4, -0.2) is 26.2 Å². The molecule has 120 valence electrons. The number of halogens is 2. The first-order valence-electron chi connectivity index (χ1n) is 7.33. The van der Waals surface area contributed by atoms with Crippen molar-refractivity contribution in [2.24, 2.45) is 4.99 Å². The van der Waals surface area contributed by atoms with Crippen LogP contribution in [0.25, 0.3) is 5.69 Å². The average molecular weight is 375 g/mol. The maximum atomic E-state index is 6.43. The summed E-state index contributed by atoms with van der Waals surface area (Å²) in [6, 6.07) is 13.1. The minimum atomic E-state index is -0.228. The van der Waals surface area contributed by atoms with E-state index in [9.17, 15) is 0 Å². The van der Waals surface area contributed by atoms with Gasteiger partial charge in [-0.3, -0.25) is 9.56 Å². The highest BCUT2D eigenvalue weighted by molar-refractivity contribution is 7.80. The molecule has 1 aliphatic heterocycles. The lowest BCUT2D eigenvalue weighted by molar-refractivity contribution is 0.735. The van der Waals surface area contributed by atoms with E-state index in [1.807, 2.05) is 47.0 Å². The molecule has 0 aliphatic carbocycles. The quantitative estimate of drug-likeness (QED) is 0.675. The van der Waals surface area contributed by atoms with E-state index in [-0.39, 0.29) is 6.04 Å². The van der Waals surface area contributed by atoms with Crippen molar-refractivity contribution >= 4 is 41.5 Å². The number of nitrogens with zero attached hydrogens (tertiary/aromatic N) is 4. The van der Waals surface area contributed by atoms with E-state index in [4.69, 9.17) is 28.2 Å². The Labute approximate surface area is 154 Å². The van der Waals surface area contributed by atoms with Crippen LogP contribution in [0.5, 0.6) is 0 Å². The highest BCUT2D eigenvalue weighted by Crippen LogP contribution is 2.33. The Balaban J connectivity index is 2.05. The Morgan fingerprint density at radius 3 is 2.71 bits per heavy atom. The molecule has 24 heavy (non-hydrogen) atoms. The van der Waals surface area contributed by atoms with Crippen LogP contribution >= 0.6 is 35.8 Å². The largest absolute Gasteiger partial charge is 0.283 e. The molecule has 0 amide bonds. The van der Waals surface area contributed by atoms with Crippen molar-refractivity contribution in [3.8, 4) is 5.69 Å². The Kier molecular flexibility index (Phi) is 4.08. The van der Waals surface area contributed by atoms with E-state index in [0.29, 0.717) is 15.8 Å². The van der Waals surface area contributed by atoms with Gasteiger partial charge in [0.25, 0.3) is 0 Å². The topological polar surface area (TPSA) is 43.1 Å². The summed E-state index contributed by atoms with van der Waals surface area (Å²) in [5.74, 6) is 1.25. The van der Waals surface area contributed by atoms with E-state index in [1.54, 1.807) is 6.33 Å². The van der Waals surface area contributed by atoms with Gasteiger partial charge in [0.15, 0.2) is 5.82 Å². The average Bonchev–Trinajstić information content (AvgIpc) is 3.02. The SMILES string of the molecule is SCC1N=C(c2ccccc2Cl)c2cc(Cl)ccc2-n2cnnc21. The minimum absolute atomic E-state index is 0.228. The molecule has 2 heterocycles. The second-order valence-corrected chi connectivity index (χ2v) is 6.59. The second-order valence-electron chi connectivity index (χ2n) is 5.38. The lowest BCUT2D eigenvalue weighted by Crippen LogP contribution is -2.08.